The second kappa shape index (κ2) is 5.03. The van der Waals surface area contributed by atoms with E-state index in [1.165, 1.54) is 0 Å². The van der Waals surface area contributed by atoms with E-state index < -0.39 is 7.12 Å². The molecular formula is C15H19BN4O2. The lowest BCUT2D eigenvalue weighted by Crippen LogP contribution is -2.41. The molecule has 0 aliphatic carbocycles. The molecule has 0 radical (unpaired) electrons. The highest BCUT2D eigenvalue weighted by Crippen LogP contribution is 2.36. The number of nitrogens with two attached hydrogens (primary N) is 1. The van der Waals surface area contributed by atoms with Crippen molar-refractivity contribution in [1.82, 2.24) is 15.0 Å². The summed E-state index contributed by atoms with van der Waals surface area (Å²) in [4.78, 5) is 12.4. The molecule has 3 heterocycles. The van der Waals surface area contributed by atoms with Crippen molar-refractivity contribution in [2.45, 2.75) is 38.9 Å². The molecule has 1 saturated heterocycles. The first-order valence-electron chi connectivity index (χ1n) is 7.18. The molecular weight excluding hydrogens is 279 g/mol. The van der Waals surface area contributed by atoms with Crippen LogP contribution >= 0.6 is 0 Å². The fourth-order valence-corrected chi connectivity index (χ4v) is 2.16. The van der Waals surface area contributed by atoms with Crippen LogP contribution in [0.1, 0.15) is 27.7 Å². The predicted octanol–water partition coefficient (Wildman–Crippen LogP) is 1.42. The van der Waals surface area contributed by atoms with Gasteiger partial charge in [0, 0.05) is 29.6 Å². The largest absolute Gasteiger partial charge is 0.496 e. The van der Waals surface area contributed by atoms with Crippen LogP contribution in [0.4, 0.5) is 5.95 Å². The SMILES string of the molecule is CC1(C)OB(c2ccc(-c3cnc(N)nc3)nc2)OC1(C)C. The third-order valence-corrected chi connectivity index (χ3v) is 4.28. The molecule has 114 valence electrons. The second-order valence-corrected chi connectivity index (χ2v) is 6.39. The van der Waals surface area contributed by atoms with Crippen LogP contribution in [0, 0.1) is 0 Å². The van der Waals surface area contributed by atoms with Crippen molar-refractivity contribution in [3.05, 3.63) is 30.7 Å². The maximum atomic E-state index is 6.01. The minimum Gasteiger partial charge on any atom is -0.399 e. The lowest BCUT2D eigenvalue weighted by molar-refractivity contribution is 0.00578. The first-order valence-corrected chi connectivity index (χ1v) is 7.18. The summed E-state index contributed by atoms with van der Waals surface area (Å²) < 4.78 is 12.0. The molecule has 1 fully saturated rings. The Balaban J connectivity index is 1.82. The van der Waals surface area contributed by atoms with E-state index >= 15 is 0 Å². The second-order valence-electron chi connectivity index (χ2n) is 6.39. The molecule has 0 aromatic carbocycles. The molecule has 7 heteroatoms. The van der Waals surface area contributed by atoms with Crippen molar-refractivity contribution in [3.8, 4) is 11.3 Å². The first kappa shape index (κ1) is 14.9. The zero-order chi connectivity index (χ0) is 16.0. The van der Waals surface area contributed by atoms with Crippen LogP contribution in [0.15, 0.2) is 30.7 Å². The maximum absolute atomic E-state index is 6.01. The van der Waals surface area contributed by atoms with Crippen LogP contribution in [0.25, 0.3) is 11.3 Å². The number of hydrogen-bond acceptors (Lipinski definition) is 6. The summed E-state index contributed by atoms with van der Waals surface area (Å²) >= 11 is 0. The van der Waals surface area contributed by atoms with Gasteiger partial charge in [-0.1, -0.05) is 6.07 Å². The van der Waals surface area contributed by atoms with E-state index in [0.717, 1.165) is 16.7 Å². The van der Waals surface area contributed by atoms with Gasteiger partial charge in [-0.15, -0.1) is 0 Å². The quantitative estimate of drug-likeness (QED) is 0.844. The normalized spacial score (nSPS) is 19.4. The number of anilines is 1. The predicted molar refractivity (Wildman–Crippen MR) is 85.4 cm³/mol. The minimum absolute atomic E-state index is 0.248. The van der Waals surface area contributed by atoms with Crippen LogP contribution in [-0.4, -0.2) is 33.3 Å². The highest BCUT2D eigenvalue weighted by atomic mass is 16.7. The number of nitrogens with zero attached hydrogens (tertiary/aromatic N) is 3. The van der Waals surface area contributed by atoms with Gasteiger partial charge >= 0.3 is 7.12 Å². The Morgan fingerprint density at radius 1 is 0.909 bits per heavy atom. The Morgan fingerprint density at radius 2 is 1.50 bits per heavy atom. The fraction of sp³-hybridized carbons (Fsp3) is 0.400. The average Bonchev–Trinajstić information content (AvgIpc) is 2.68. The molecule has 2 aromatic heterocycles. The molecule has 0 spiro atoms. The van der Waals surface area contributed by atoms with E-state index in [9.17, 15) is 0 Å². The van der Waals surface area contributed by atoms with E-state index in [4.69, 9.17) is 15.0 Å². The monoisotopic (exact) mass is 298 g/mol. The zero-order valence-corrected chi connectivity index (χ0v) is 13.2. The number of aromatic nitrogens is 3. The molecule has 0 amide bonds. The molecule has 22 heavy (non-hydrogen) atoms. The Kier molecular flexibility index (Phi) is 3.42. The minimum atomic E-state index is -0.408. The van der Waals surface area contributed by atoms with Crippen LogP contribution in [0.2, 0.25) is 0 Å². The van der Waals surface area contributed by atoms with E-state index in [1.807, 2.05) is 39.8 Å². The van der Waals surface area contributed by atoms with Gasteiger partial charge in [-0.2, -0.15) is 0 Å². The Morgan fingerprint density at radius 3 is 2.00 bits per heavy atom. The summed E-state index contributed by atoms with van der Waals surface area (Å²) in [7, 11) is -0.408. The Labute approximate surface area is 130 Å². The zero-order valence-electron chi connectivity index (χ0n) is 13.2. The third kappa shape index (κ3) is 2.57. The van der Waals surface area contributed by atoms with Crippen LogP contribution in [0.3, 0.4) is 0 Å². The van der Waals surface area contributed by atoms with E-state index in [1.54, 1.807) is 18.6 Å². The molecule has 0 atom stereocenters. The van der Waals surface area contributed by atoms with Gasteiger partial charge in [0.2, 0.25) is 5.95 Å². The van der Waals surface area contributed by atoms with Crippen LogP contribution < -0.4 is 11.2 Å². The van der Waals surface area contributed by atoms with Gasteiger partial charge in [0.25, 0.3) is 0 Å². The van der Waals surface area contributed by atoms with Gasteiger partial charge in [0.1, 0.15) is 0 Å². The Hall–Kier alpha value is -1.99. The van der Waals surface area contributed by atoms with Gasteiger partial charge in [0.15, 0.2) is 0 Å². The first-order chi connectivity index (χ1) is 10.3. The summed E-state index contributed by atoms with van der Waals surface area (Å²) in [6.07, 6.45) is 5.06. The van der Waals surface area contributed by atoms with Crippen LogP contribution in [0.5, 0.6) is 0 Å². The lowest BCUT2D eigenvalue weighted by atomic mass is 9.80. The molecule has 3 rings (SSSR count). The third-order valence-electron chi connectivity index (χ3n) is 4.28. The molecule has 2 N–H and O–H groups in total. The van der Waals surface area contributed by atoms with Crippen molar-refractivity contribution in [2.24, 2.45) is 0 Å². The van der Waals surface area contributed by atoms with E-state index in [-0.39, 0.29) is 17.2 Å². The van der Waals surface area contributed by atoms with E-state index in [0.29, 0.717) is 0 Å². The number of hydrogen-bond donors (Lipinski definition) is 1. The van der Waals surface area contributed by atoms with Crippen molar-refractivity contribution in [1.29, 1.82) is 0 Å². The van der Waals surface area contributed by atoms with Crippen molar-refractivity contribution < 1.29 is 9.31 Å². The molecule has 0 saturated carbocycles. The lowest BCUT2D eigenvalue weighted by Gasteiger charge is -2.32. The van der Waals surface area contributed by atoms with Gasteiger partial charge in [-0.05, 0) is 33.8 Å². The Bertz CT molecular complexity index is 655. The fourth-order valence-electron chi connectivity index (χ4n) is 2.16. The van der Waals surface area contributed by atoms with Gasteiger partial charge < -0.3 is 15.0 Å². The highest BCUT2D eigenvalue weighted by molar-refractivity contribution is 6.62. The van der Waals surface area contributed by atoms with Crippen molar-refractivity contribution in [2.75, 3.05) is 5.73 Å². The van der Waals surface area contributed by atoms with Gasteiger partial charge in [-0.25, -0.2) is 9.97 Å². The molecule has 1 aliphatic heterocycles. The van der Waals surface area contributed by atoms with Crippen molar-refractivity contribution >= 4 is 18.5 Å². The standard InChI is InChI=1S/C15H19BN4O2/c1-14(2)15(3,4)22-16(21-14)11-5-6-12(18-9-11)10-7-19-13(17)20-8-10/h5-9H,1-4H3,(H2,17,19,20). The molecule has 1 aliphatic rings. The van der Waals surface area contributed by atoms with Gasteiger partial charge in [-0.3, -0.25) is 4.98 Å². The summed E-state index contributed by atoms with van der Waals surface area (Å²) in [5.41, 5.74) is 7.25. The number of rotatable bonds is 2. The number of pyridine rings is 1. The molecule has 0 bridgehead atoms. The van der Waals surface area contributed by atoms with Gasteiger partial charge in [0.05, 0.1) is 16.9 Å². The van der Waals surface area contributed by atoms with Crippen molar-refractivity contribution in [3.63, 3.8) is 0 Å². The molecule has 6 nitrogen and oxygen atoms in total. The summed E-state index contributed by atoms with van der Waals surface area (Å²) in [5, 5.41) is 0. The summed E-state index contributed by atoms with van der Waals surface area (Å²) in [6.45, 7) is 8.11. The van der Waals surface area contributed by atoms with E-state index in [2.05, 4.69) is 15.0 Å². The summed E-state index contributed by atoms with van der Waals surface area (Å²) in [6, 6.07) is 3.84. The molecule has 0 unspecified atom stereocenters. The smallest absolute Gasteiger partial charge is 0.399 e. The van der Waals surface area contributed by atoms with Crippen LogP contribution in [-0.2, 0) is 9.31 Å². The summed E-state index contributed by atoms with van der Waals surface area (Å²) in [5.74, 6) is 0.248. The topological polar surface area (TPSA) is 83.2 Å². The maximum Gasteiger partial charge on any atom is 0.496 e. The highest BCUT2D eigenvalue weighted by Gasteiger charge is 2.51. The number of nitrogen functional groups attached to an aromatic ring is 1. The average molecular weight is 298 g/mol. The molecule has 2 aromatic rings.